The molecule has 1 heterocycles. The lowest BCUT2D eigenvalue weighted by Crippen LogP contribution is -2.33. The van der Waals surface area contributed by atoms with Gasteiger partial charge in [-0.3, -0.25) is 4.18 Å². The Morgan fingerprint density at radius 3 is 2.49 bits per heavy atom. The van der Waals surface area contributed by atoms with Gasteiger partial charge >= 0.3 is 0 Å². The molecule has 0 radical (unpaired) electrons. The minimum atomic E-state index is -3.92. The Hall–Kier alpha value is -2.03. The van der Waals surface area contributed by atoms with Gasteiger partial charge in [0.2, 0.25) is 0 Å². The zero-order valence-electron chi connectivity index (χ0n) is 20.4. The van der Waals surface area contributed by atoms with Crippen LogP contribution >= 0.6 is 0 Å². The Balaban J connectivity index is 1.51. The summed E-state index contributed by atoms with van der Waals surface area (Å²) in [6.45, 7) is 7.44. The summed E-state index contributed by atoms with van der Waals surface area (Å²) in [7, 11) is -3.92. The van der Waals surface area contributed by atoms with Gasteiger partial charge in [-0.05, 0) is 56.2 Å². The lowest BCUT2D eigenvalue weighted by molar-refractivity contribution is -0.199. The zero-order valence-corrected chi connectivity index (χ0v) is 21.2. The Kier molecular flexibility index (Phi) is 9.14. The SMILES string of the molecule is C=CCC1C(OS(=O)(=O)c2ccc(C)cc2)CC(OC2CCCCO2)C1COCc1ccccc1. The van der Waals surface area contributed by atoms with E-state index in [2.05, 4.69) is 6.58 Å². The highest BCUT2D eigenvalue weighted by atomic mass is 32.2. The van der Waals surface area contributed by atoms with Crippen LogP contribution in [0.3, 0.4) is 0 Å². The molecule has 2 aromatic rings. The quantitative estimate of drug-likeness (QED) is 0.304. The molecule has 0 N–H and O–H groups in total. The smallest absolute Gasteiger partial charge is 0.297 e. The van der Waals surface area contributed by atoms with E-state index in [0.29, 0.717) is 32.7 Å². The molecular weight excluding hydrogens is 464 g/mol. The molecule has 35 heavy (non-hydrogen) atoms. The van der Waals surface area contributed by atoms with E-state index in [4.69, 9.17) is 18.4 Å². The van der Waals surface area contributed by atoms with Crippen molar-refractivity contribution in [1.82, 2.24) is 0 Å². The van der Waals surface area contributed by atoms with E-state index in [1.165, 1.54) is 0 Å². The van der Waals surface area contributed by atoms with E-state index >= 15 is 0 Å². The Labute approximate surface area is 209 Å². The van der Waals surface area contributed by atoms with E-state index in [-0.39, 0.29) is 29.1 Å². The van der Waals surface area contributed by atoms with Crippen molar-refractivity contribution in [2.24, 2.45) is 11.8 Å². The number of benzene rings is 2. The second-order valence-corrected chi connectivity index (χ2v) is 11.0. The second kappa shape index (κ2) is 12.3. The number of ether oxygens (including phenoxy) is 3. The molecule has 1 saturated carbocycles. The molecule has 1 saturated heterocycles. The third-order valence-electron chi connectivity index (χ3n) is 6.85. The second-order valence-electron chi connectivity index (χ2n) is 9.46. The maximum atomic E-state index is 13.1. The van der Waals surface area contributed by atoms with Gasteiger partial charge in [-0.25, -0.2) is 0 Å². The van der Waals surface area contributed by atoms with Gasteiger partial charge in [0.15, 0.2) is 6.29 Å². The summed E-state index contributed by atoms with van der Waals surface area (Å²) in [4.78, 5) is 0.164. The molecule has 4 rings (SSSR count). The fraction of sp³-hybridized carbons (Fsp3) is 0.500. The Morgan fingerprint density at radius 2 is 1.80 bits per heavy atom. The van der Waals surface area contributed by atoms with Gasteiger partial charge in [-0.15, -0.1) is 6.58 Å². The average molecular weight is 501 g/mol. The van der Waals surface area contributed by atoms with Gasteiger partial charge in [0, 0.05) is 18.9 Å². The molecule has 1 aliphatic heterocycles. The van der Waals surface area contributed by atoms with Crippen molar-refractivity contribution in [3.8, 4) is 0 Å². The van der Waals surface area contributed by atoms with Crippen molar-refractivity contribution in [3.05, 3.63) is 78.4 Å². The van der Waals surface area contributed by atoms with Crippen molar-refractivity contribution in [1.29, 1.82) is 0 Å². The zero-order chi connectivity index (χ0) is 24.7. The van der Waals surface area contributed by atoms with E-state index in [1.54, 1.807) is 24.3 Å². The third-order valence-corrected chi connectivity index (χ3v) is 8.20. The van der Waals surface area contributed by atoms with Crippen LogP contribution in [0.15, 0.2) is 72.1 Å². The van der Waals surface area contributed by atoms with Crippen LogP contribution in [-0.2, 0) is 35.1 Å². The molecule has 0 spiro atoms. The largest absolute Gasteiger partial charge is 0.376 e. The van der Waals surface area contributed by atoms with Crippen LogP contribution < -0.4 is 0 Å². The first-order chi connectivity index (χ1) is 17.0. The van der Waals surface area contributed by atoms with Gasteiger partial charge in [-0.2, -0.15) is 8.42 Å². The van der Waals surface area contributed by atoms with Gasteiger partial charge in [0.25, 0.3) is 10.1 Å². The molecule has 2 aromatic carbocycles. The highest BCUT2D eigenvalue weighted by Gasteiger charge is 2.47. The fourth-order valence-corrected chi connectivity index (χ4v) is 6.10. The summed E-state index contributed by atoms with van der Waals surface area (Å²) in [5, 5.41) is 0. The highest BCUT2D eigenvalue weighted by Crippen LogP contribution is 2.41. The van der Waals surface area contributed by atoms with Crippen LogP contribution in [0.2, 0.25) is 0 Å². The lowest BCUT2D eigenvalue weighted by atomic mass is 9.91. The Morgan fingerprint density at radius 1 is 1.03 bits per heavy atom. The number of hydrogen-bond donors (Lipinski definition) is 0. The van der Waals surface area contributed by atoms with E-state index in [1.807, 2.05) is 43.3 Å². The lowest BCUT2D eigenvalue weighted by Gasteiger charge is -2.30. The van der Waals surface area contributed by atoms with Crippen LogP contribution in [0.1, 0.15) is 43.2 Å². The number of allylic oxidation sites excluding steroid dienone is 1. The molecule has 190 valence electrons. The number of hydrogen-bond acceptors (Lipinski definition) is 6. The number of aryl methyl sites for hydroxylation is 1. The first-order valence-corrected chi connectivity index (χ1v) is 13.9. The molecule has 6 nitrogen and oxygen atoms in total. The number of rotatable bonds is 11. The third kappa shape index (κ3) is 7.02. The van der Waals surface area contributed by atoms with Gasteiger partial charge < -0.3 is 14.2 Å². The summed E-state index contributed by atoms with van der Waals surface area (Å²) >= 11 is 0. The molecule has 0 amide bonds. The van der Waals surface area contributed by atoms with Crippen molar-refractivity contribution in [2.75, 3.05) is 13.2 Å². The molecule has 0 aromatic heterocycles. The normalized spacial score (nSPS) is 27.1. The van der Waals surface area contributed by atoms with E-state index in [9.17, 15) is 8.42 Å². The molecule has 5 atom stereocenters. The van der Waals surface area contributed by atoms with Gasteiger partial charge in [-0.1, -0.05) is 54.1 Å². The monoisotopic (exact) mass is 500 g/mol. The first-order valence-electron chi connectivity index (χ1n) is 12.5. The molecular formula is C28H36O6S. The Bertz CT molecular complexity index is 1030. The standard InChI is InChI=1S/C28H36O6S/c1-3-9-24-25(20-31-19-22-10-5-4-6-11-22)26(33-28-12-7-8-17-32-28)18-27(24)34-35(29,30)23-15-13-21(2)14-16-23/h3-6,10-11,13-16,24-28H,1,7-9,12,17-20H2,2H3. The van der Waals surface area contributed by atoms with Gasteiger partial charge in [0.1, 0.15) is 0 Å². The fourth-order valence-electron chi connectivity index (χ4n) is 4.97. The summed E-state index contributed by atoms with van der Waals surface area (Å²) in [5.41, 5.74) is 2.08. The van der Waals surface area contributed by atoms with Crippen LogP contribution in [0, 0.1) is 18.8 Å². The molecule has 2 fully saturated rings. The van der Waals surface area contributed by atoms with E-state index < -0.39 is 16.2 Å². The molecule has 2 aliphatic rings. The van der Waals surface area contributed by atoms with Crippen LogP contribution in [-0.4, -0.2) is 40.1 Å². The van der Waals surface area contributed by atoms with Crippen LogP contribution in [0.5, 0.6) is 0 Å². The molecule has 5 unspecified atom stereocenters. The molecule has 7 heteroatoms. The predicted molar refractivity (Wildman–Crippen MR) is 134 cm³/mol. The van der Waals surface area contributed by atoms with Crippen molar-refractivity contribution in [2.45, 2.75) is 69.0 Å². The maximum Gasteiger partial charge on any atom is 0.297 e. The highest BCUT2D eigenvalue weighted by molar-refractivity contribution is 7.86. The molecule has 0 bridgehead atoms. The summed E-state index contributed by atoms with van der Waals surface area (Å²) in [5.74, 6) is -0.141. The molecule has 1 aliphatic carbocycles. The summed E-state index contributed by atoms with van der Waals surface area (Å²) in [6.07, 6.45) is 4.80. The van der Waals surface area contributed by atoms with Crippen LogP contribution in [0.25, 0.3) is 0 Å². The summed E-state index contributed by atoms with van der Waals surface area (Å²) in [6, 6.07) is 16.7. The maximum absolute atomic E-state index is 13.1. The minimum absolute atomic E-state index is 0.0412. The predicted octanol–water partition coefficient (Wildman–Crippen LogP) is 5.41. The first kappa shape index (κ1) is 26.0. The van der Waals surface area contributed by atoms with Gasteiger partial charge in [0.05, 0.1) is 30.3 Å². The summed E-state index contributed by atoms with van der Waals surface area (Å²) < 4.78 is 50.4. The van der Waals surface area contributed by atoms with Crippen molar-refractivity contribution in [3.63, 3.8) is 0 Å². The van der Waals surface area contributed by atoms with Crippen molar-refractivity contribution < 1.29 is 26.8 Å². The topological polar surface area (TPSA) is 71.1 Å². The average Bonchev–Trinajstić information content (AvgIpc) is 3.16. The van der Waals surface area contributed by atoms with E-state index in [0.717, 1.165) is 30.4 Å². The van der Waals surface area contributed by atoms with Crippen LogP contribution in [0.4, 0.5) is 0 Å². The minimum Gasteiger partial charge on any atom is -0.376 e. The van der Waals surface area contributed by atoms with Crippen molar-refractivity contribution >= 4 is 10.1 Å².